The normalized spacial score (nSPS) is 37.5. The highest BCUT2D eigenvalue weighted by Gasteiger charge is 2.69. The van der Waals surface area contributed by atoms with Gasteiger partial charge in [0, 0.05) is 5.57 Å². The first-order chi connectivity index (χ1) is 16.1. The number of epoxide rings is 1. The molecule has 1 aliphatic heterocycles. The maximum Gasteiger partial charge on any atom is 0.335 e. The number of Topliss-reactive ketones (excluding diaryl/α,β-unsaturated/α-hetero) is 1. The monoisotopic (exact) mass is 488 g/mol. The van der Waals surface area contributed by atoms with Gasteiger partial charge in [-0.3, -0.25) is 14.4 Å². The molecule has 4 rings (SSSR count). The Labute approximate surface area is 205 Å². The van der Waals surface area contributed by atoms with E-state index in [9.17, 15) is 24.3 Å². The summed E-state index contributed by atoms with van der Waals surface area (Å²) in [5, 5.41) is 18.7. The number of allylic oxidation sites excluding steroid dienone is 1. The van der Waals surface area contributed by atoms with Crippen LogP contribution in [0.5, 0.6) is 0 Å². The number of ketones is 2. The highest BCUT2D eigenvalue weighted by atomic mass is 16.6. The first-order valence-electron chi connectivity index (χ1n) is 12.4. The fourth-order valence-electron chi connectivity index (χ4n) is 7.04. The first kappa shape index (κ1) is 25.8. The van der Waals surface area contributed by atoms with Crippen LogP contribution in [0.25, 0.3) is 0 Å². The van der Waals surface area contributed by atoms with Crippen LogP contribution in [0, 0.1) is 22.7 Å². The van der Waals surface area contributed by atoms with Gasteiger partial charge in [0.05, 0.1) is 6.42 Å². The van der Waals surface area contributed by atoms with E-state index in [4.69, 9.17) is 14.6 Å². The van der Waals surface area contributed by atoms with Gasteiger partial charge in [-0.25, -0.2) is 4.79 Å². The van der Waals surface area contributed by atoms with E-state index in [-0.39, 0.29) is 28.1 Å². The molecule has 8 nitrogen and oxygen atoms in total. The van der Waals surface area contributed by atoms with Crippen molar-refractivity contribution in [1.29, 1.82) is 0 Å². The molecular formula is C27H36O8. The number of hydrogen-bond acceptors (Lipinski definition) is 7. The minimum atomic E-state index is -2.28. The van der Waals surface area contributed by atoms with Crippen molar-refractivity contribution in [2.24, 2.45) is 22.7 Å². The minimum absolute atomic E-state index is 0.00767. The summed E-state index contributed by atoms with van der Waals surface area (Å²) in [6.07, 6.45) is 5.32. The fraction of sp³-hybridized carbons (Fsp3) is 0.704. The van der Waals surface area contributed by atoms with Crippen molar-refractivity contribution in [2.45, 2.75) is 89.9 Å². The molecule has 0 aromatic heterocycles. The Balaban J connectivity index is 1.47. The number of ether oxygens (including phenoxy) is 2. The quantitative estimate of drug-likeness (QED) is 0.317. The summed E-state index contributed by atoms with van der Waals surface area (Å²) in [5.41, 5.74) is -2.12. The van der Waals surface area contributed by atoms with E-state index in [1.165, 1.54) is 12.5 Å². The van der Waals surface area contributed by atoms with Gasteiger partial charge in [-0.1, -0.05) is 39.3 Å². The van der Waals surface area contributed by atoms with E-state index >= 15 is 0 Å². The Bertz CT molecular complexity index is 1020. The molecule has 1 heterocycles. The number of carboxylic acids is 1. The Kier molecular flexibility index (Phi) is 6.16. The van der Waals surface area contributed by atoms with Crippen LogP contribution < -0.4 is 0 Å². The Hall–Kier alpha value is -2.32. The number of carbonyl (C=O) groups is 4. The standard InChI is InChI=1S/C27H36O8/c1-15-7-8-18-24(2,3)9-6-10-25(18,4)17(15)12-27-19(28)11-16(21(30)22(27)35-27)14-34-20(29)13-26(5,33)23(31)32/h11,17-18,22,33H,1,6-10,12-14H2,2-5H3,(H,31,32)/t17-,18-,22+,25+,26-,27-/m0/s1. The molecule has 0 spiro atoms. The van der Waals surface area contributed by atoms with Gasteiger partial charge in [0.2, 0.25) is 0 Å². The lowest BCUT2D eigenvalue weighted by molar-refractivity contribution is -0.165. The molecule has 0 aromatic rings. The molecule has 2 saturated carbocycles. The summed E-state index contributed by atoms with van der Waals surface area (Å²) in [6.45, 7) is 11.8. The number of carbonyl (C=O) groups excluding carboxylic acids is 3. The maximum atomic E-state index is 13.2. The number of rotatable bonds is 7. The summed E-state index contributed by atoms with van der Waals surface area (Å²) >= 11 is 0. The van der Waals surface area contributed by atoms with Gasteiger partial charge >= 0.3 is 11.9 Å². The van der Waals surface area contributed by atoms with Crippen LogP contribution in [0.15, 0.2) is 23.8 Å². The average Bonchev–Trinajstić information content (AvgIpc) is 3.48. The lowest BCUT2D eigenvalue weighted by atomic mass is 9.46. The first-order valence-corrected chi connectivity index (χ1v) is 12.4. The van der Waals surface area contributed by atoms with E-state index in [0.717, 1.165) is 38.2 Å². The predicted molar refractivity (Wildman–Crippen MR) is 125 cm³/mol. The summed E-state index contributed by atoms with van der Waals surface area (Å²) in [7, 11) is 0. The Morgan fingerprint density at radius 2 is 1.94 bits per heavy atom. The highest BCUT2D eigenvalue weighted by molar-refractivity contribution is 6.18. The molecule has 192 valence electrons. The third-order valence-electron chi connectivity index (χ3n) is 9.14. The number of esters is 1. The van der Waals surface area contributed by atoms with E-state index < -0.39 is 48.1 Å². The number of fused-ring (bicyclic) bond motifs is 2. The van der Waals surface area contributed by atoms with Crippen molar-refractivity contribution in [3.05, 3.63) is 23.8 Å². The second kappa shape index (κ2) is 8.37. The van der Waals surface area contributed by atoms with Crippen LogP contribution in [0.4, 0.5) is 0 Å². The third-order valence-corrected chi connectivity index (χ3v) is 9.14. The summed E-state index contributed by atoms with van der Waals surface area (Å²) in [4.78, 5) is 49.2. The van der Waals surface area contributed by atoms with Crippen LogP contribution in [0.1, 0.15) is 72.6 Å². The van der Waals surface area contributed by atoms with E-state index in [1.807, 2.05) is 0 Å². The zero-order valence-electron chi connectivity index (χ0n) is 21.0. The van der Waals surface area contributed by atoms with Crippen LogP contribution >= 0.6 is 0 Å². The van der Waals surface area contributed by atoms with Crippen LogP contribution in [-0.2, 0) is 28.7 Å². The lowest BCUT2D eigenvalue weighted by Crippen LogP contribution is -2.51. The van der Waals surface area contributed by atoms with Crippen LogP contribution in [0.2, 0.25) is 0 Å². The molecule has 0 bridgehead atoms. The van der Waals surface area contributed by atoms with Crippen molar-refractivity contribution in [3.63, 3.8) is 0 Å². The van der Waals surface area contributed by atoms with Crippen molar-refractivity contribution in [2.75, 3.05) is 6.61 Å². The van der Waals surface area contributed by atoms with Crippen molar-refractivity contribution >= 4 is 23.5 Å². The molecule has 0 amide bonds. The molecule has 6 atom stereocenters. The largest absolute Gasteiger partial charge is 0.479 e. The third kappa shape index (κ3) is 4.29. The van der Waals surface area contributed by atoms with Crippen molar-refractivity contribution < 1.29 is 38.9 Å². The molecule has 1 saturated heterocycles. The molecule has 8 heteroatoms. The summed E-state index contributed by atoms with van der Waals surface area (Å²) in [6, 6.07) is 0. The van der Waals surface area contributed by atoms with Crippen molar-refractivity contribution in [3.8, 4) is 0 Å². The van der Waals surface area contributed by atoms with Gasteiger partial charge in [-0.15, -0.1) is 0 Å². The Morgan fingerprint density at radius 3 is 2.60 bits per heavy atom. The maximum absolute atomic E-state index is 13.2. The zero-order chi connectivity index (χ0) is 26.0. The van der Waals surface area contributed by atoms with E-state index in [2.05, 4.69) is 27.4 Å². The fourth-order valence-corrected chi connectivity index (χ4v) is 7.04. The van der Waals surface area contributed by atoms with Gasteiger partial charge in [-0.05, 0) is 67.8 Å². The molecular weight excluding hydrogens is 452 g/mol. The topological polar surface area (TPSA) is 130 Å². The SMILES string of the molecule is C=C1CC[C@H]2C(C)(C)CCC[C@]2(C)[C@H]1C[C@@]12O[C@@H]1C(=O)C(COC(=O)C[C@](C)(O)C(=O)O)=CC2=O. The van der Waals surface area contributed by atoms with Gasteiger partial charge in [0.25, 0.3) is 0 Å². The molecule has 3 fully saturated rings. The van der Waals surface area contributed by atoms with E-state index in [1.54, 1.807) is 0 Å². The Morgan fingerprint density at radius 1 is 1.26 bits per heavy atom. The second-order valence-electron chi connectivity index (χ2n) is 12.1. The van der Waals surface area contributed by atoms with Gasteiger partial charge < -0.3 is 19.7 Å². The lowest BCUT2D eigenvalue weighted by Gasteiger charge is -2.58. The number of carboxylic acid groups (broad SMARTS) is 1. The molecule has 3 aliphatic carbocycles. The van der Waals surface area contributed by atoms with Crippen LogP contribution in [-0.4, -0.2) is 57.6 Å². The minimum Gasteiger partial charge on any atom is -0.479 e. The summed E-state index contributed by atoms with van der Waals surface area (Å²) in [5.74, 6) is -2.65. The van der Waals surface area contributed by atoms with Crippen molar-refractivity contribution in [1.82, 2.24) is 0 Å². The van der Waals surface area contributed by atoms with Gasteiger partial charge in [0.15, 0.2) is 28.9 Å². The molecule has 2 N–H and O–H groups in total. The molecule has 0 unspecified atom stereocenters. The average molecular weight is 489 g/mol. The highest BCUT2D eigenvalue weighted by Crippen LogP contribution is 2.64. The molecule has 0 aromatic carbocycles. The number of aliphatic hydroxyl groups is 1. The zero-order valence-corrected chi connectivity index (χ0v) is 21.0. The number of hydrogen-bond donors (Lipinski definition) is 2. The number of aliphatic carboxylic acids is 1. The van der Waals surface area contributed by atoms with Gasteiger partial charge in [-0.2, -0.15) is 0 Å². The van der Waals surface area contributed by atoms with E-state index in [0.29, 0.717) is 12.3 Å². The molecule has 4 aliphatic rings. The second-order valence-corrected chi connectivity index (χ2v) is 12.1. The smallest absolute Gasteiger partial charge is 0.335 e. The predicted octanol–water partition coefficient (Wildman–Crippen LogP) is 3.16. The molecule has 0 radical (unpaired) electrons. The van der Waals surface area contributed by atoms with Gasteiger partial charge in [0.1, 0.15) is 6.61 Å². The van der Waals surface area contributed by atoms with Crippen LogP contribution in [0.3, 0.4) is 0 Å². The summed E-state index contributed by atoms with van der Waals surface area (Å²) < 4.78 is 10.8. The molecule has 35 heavy (non-hydrogen) atoms.